The highest BCUT2D eigenvalue weighted by Crippen LogP contribution is 2.03. The molecule has 1 unspecified atom stereocenters. The van der Waals surface area contributed by atoms with E-state index in [9.17, 15) is 14.4 Å². The third kappa shape index (κ3) is 6.40. The Kier molecular flexibility index (Phi) is 7.64. The Bertz CT molecular complexity index is 358. The third-order valence-electron chi connectivity index (χ3n) is 2.73. The number of hydrogen-bond donors (Lipinski definition) is 2. The Morgan fingerprint density at radius 1 is 1.20 bits per heavy atom. The Morgan fingerprint density at radius 3 is 2.15 bits per heavy atom. The van der Waals surface area contributed by atoms with Crippen molar-refractivity contribution in [2.75, 3.05) is 26.7 Å². The van der Waals surface area contributed by atoms with Crippen molar-refractivity contribution in [3.05, 3.63) is 0 Å². The molecule has 2 N–H and O–H groups in total. The van der Waals surface area contributed by atoms with Crippen LogP contribution in [0.1, 0.15) is 27.7 Å². The maximum Gasteiger partial charge on any atom is 0.320 e. The quantitative estimate of drug-likeness (QED) is 0.717. The van der Waals surface area contributed by atoms with E-state index in [1.165, 1.54) is 23.8 Å². The van der Waals surface area contributed by atoms with Gasteiger partial charge in [0.15, 0.2) is 0 Å². The van der Waals surface area contributed by atoms with Gasteiger partial charge in [0.2, 0.25) is 5.91 Å². The number of aliphatic carboxylic acids is 1. The van der Waals surface area contributed by atoms with E-state index in [4.69, 9.17) is 5.11 Å². The van der Waals surface area contributed by atoms with Crippen molar-refractivity contribution < 1.29 is 19.5 Å². The number of hydrogen-bond acceptors (Lipinski definition) is 3. The lowest BCUT2D eigenvalue weighted by Gasteiger charge is -2.28. The molecular formula is C13H25N3O4. The fourth-order valence-corrected chi connectivity index (χ4v) is 1.66. The molecule has 116 valence electrons. The van der Waals surface area contributed by atoms with Crippen LogP contribution in [-0.2, 0) is 9.59 Å². The number of carbonyl (C=O) groups excluding carboxylic acids is 2. The largest absolute Gasteiger partial charge is 0.481 e. The van der Waals surface area contributed by atoms with Gasteiger partial charge in [0.25, 0.3) is 0 Å². The lowest BCUT2D eigenvalue weighted by atomic mass is 10.2. The minimum absolute atomic E-state index is 0.0149. The van der Waals surface area contributed by atoms with Crippen molar-refractivity contribution in [2.24, 2.45) is 5.92 Å². The fraction of sp³-hybridized carbons (Fsp3) is 0.769. The summed E-state index contributed by atoms with van der Waals surface area (Å²) in [6, 6.07) is -0.333. The van der Waals surface area contributed by atoms with Crippen LogP contribution in [0.2, 0.25) is 0 Å². The predicted octanol–water partition coefficient (Wildman–Crippen LogP) is 0.605. The van der Waals surface area contributed by atoms with Crippen molar-refractivity contribution in [2.45, 2.75) is 33.7 Å². The monoisotopic (exact) mass is 287 g/mol. The van der Waals surface area contributed by atoms with Crippen LogP contribution in [0.15, 0.2) is 0 Å². The summed E-state index contributed by atoms with van der Waals surface area (Å²) in [4.78, 5) is 37.3. The average molecular weight is 287 g/mol. The first-order valence-electron chi connectivity index (χ1n) is 6.71. The molecule has 0 aromatic heterocycles. The normalized spacial score (nSPS) is 11.9. The van der Waals surface area contributed by atoms with Gasteiger partial charge in [0.1, 0.15) is 6.54 Å². The second-order valence-corrected chi connectivity index (χ2v) is 5.14. The number of likely N-dealkylation sites (N-methyl/N-ethyl adjacent to an activating group) is 1. The summed E-state index contributed by atoms with van der Waals surface area (Å²) in [5, 5.41) is 11.6. The highest BCUT2D eigenvalue weighted by molar-refractivity contribution is 5.84. The number of amides is 3. The molecule has 0 heterocycles. The Morgan fingerprint density at radius 2 is 1.75 bits per heavy atom. The molecule has 0 fully saturated rings. The van der Waals surface area contributed by atoms with Crippen LogP contribution in [0.3, 0.4) is 0 Å². The first-order chi connectivity index (χ1) is 9.18. The summed E-state index contributed by atoms with van der Waals surface area (Å²) in [6.45, 7) is 7.46. The molecule has 0 rings (SSSR count). The maximum absolute atomic E-state index is 12.1. The molecule has 3 amide bonds. The van der Waals surface area contributed by atoms with Gasteiger partial charge in [-0.1, -0.05) is 6.92 Å². The Hall–Kier alpha value is -1.79. The van der Waals surface area contributed by atoms with Gasteiger partial charge in [0, 0.05) is 26.2 Å². The number of carboxylic acids is 1. The molecule has 0 aromatic carbocycles. The van der Waals surface area contributed by atoms with Crippen LogP contribution in [0.5, 0.6) is 0 Å². The number of nitrogens with zero attached hydrogens (tertiary/aromatic N) is 2. The minimum Gasteiger partial charge on any atom is -0.481 e. The molecule has 0 aromatic rings. The van der Waals surface area contributed by atoms with Gasteiger partial charge in [-0.2, -0.15) is 0 Å². The molecule has 0 saturated heterocycles. The number of carbonyl (C=O) groups is 3. The SMILES string of the molecule is CCN(CC(=O)NC(C)C)C(=O)N(C)CC(C)C(=O)O. The van der Waals surface area contributed by atoms with Crippen LogP contribution in [0, 0.1) is 5.92 Å². The second-order valence-electron chi connectivity index (χ2n) is 5.14. The van der Waals surface area contributed by atoms with Gasteiger partial charge in [-0.05, 0) is 20.8 Å². The van der Waals surface area contributed by atoms with E-state index in [-0.39, 0.29) is 31.1 Å². The maximum atomic E-state index is 12.1. The zero-order chi connectivity index (χ0) is 15.9. The summed E-state index contributed by atoms with van der Waals surface area (Å²) in [7, 11) is 1.53. The number of urea groups is 1. The van der Waals surface area contributed by atoms with E-state index in [2.05, 4.69) is 5.32 Å². The highest BCUT2D eigenvalue weighted by atomic mass is 16.4. The van der Waals surface area contributed by atoms with Gasteiger partial charge >= 0.3 is 12.0 Å². The second kappa shape index (κ2) is 8.39. The number of rotatable bonds is 7. The van der Waals surface area contributed by atoms with Crippen LogP contribution in [-0.4, -0.2) is 65.5 Å². The molecule has 0 saturated carbocycles. The van der Waals surface area contributed by atoms with Gasteiger partial charge in [-0.15, -0.1) is 0 Å². The standard InChI is InChI=1S/C13H25N3O4/c1-6-16(8-11(17)14-9(2)3)13(20)15(5)7-10(4)12(18)19/h9-10H,6-8H2,1-5H3,(H,14,17)(H,18,19). The van der Waals surface area contributed by atoms with Crippen molar-refractivity contribution >= 4 is 17.9 Å². The lowest BCUT2D eigenvalue weighted by Crippen LogP contribution is -2.48. The minimum atomic E-state index is -0.953. The summed E-state index contributed by atoms with van der Waals surface area (Å²) in [5.74, 6) is -1.83. The van der Waals surface area contributed by atoms with Crippen LogP contribution >= 0.6 is 0 Å². The number of carboxylic acid groups (broad SMARTS) is 1. The summed E-state index contributed by atoms with van der Waals surface area (Å²) < 4.78 is 0. The first kappa shape index (κ1) is 18.2. The van der Waals surface area contributed by atoms with Gasteiger partial charge in [-0.3, -0.25) is 9.59 Å². The zero-order valence-electron chi connectivity index (χ0n) is 12.8. The zero-order valence-corrected chi connectivity index (χ0v) is 12.8. The topological polar surface area (TPSA) is 90.0 Å². The molecule has 0 aliphatic heterocycles. The third-order valence-corrected chi connectivity index (χ3v) is 2.73. The van der Waals surface area contributed by atoms with E-state index in [0.717, 1.165) is 0 Å². The van der Waals surface area contributed by atoms with Gasteiger partial charge < -0.3 is 20.2 Å². The molecule has 0 spiro atoms. The first-order valence-corrected chi connectivity index (χ1v) is 6.71. The average Bonchev–Trinajstić information content (AvgIpc) is 2.33. The molecule has 0 aliphatic rings. The molecule has 0 bridgehead atoms. The van der Waals surface area contributed by atoms with Crippen molar-refractivity contribution in [1.29, 1.82) is 0 Å². The molecular weight excluding hydrogens is 262 g/mol. The predicted molar refractivity (Wildman–Crippen MR) is 75.4 cm³/mol. The van der Waals surface area contributed by atoms with Crippen LogP contribution < -0.4 is 5.32 Å². The molecule has 20 heavy (non-hydrogen) atoms. The Labute approximate surface area is 119 Å². The lowest BCUT2D eigenvalue weighted by molar-refractivity contribution is -0.141. The van der Waals surface area contributed by atoms with E-state index in [0.29, 0.717) is 6.54 Å². The Balaban J connectivity index is 4.53. The molecule has 7 nitrogen and oxygen atoms in total. The van der Waals surface area contributed by atoms with E-state index in [1.54, 1.807) is 6.92 Å². The summed E-state index contributed by atoms with van der Waals surface area (Å²) >= 11 is 0. The van der Waals surface area contributed by atoms with Gasteiger partial charge in [0.05, 0.1) is 5.92 Å². The molecule has 1 atom stereocenters. The molecule has 7 heteroatoms. The summed E-state index contributed by atoms with van der Waals surface area (Å²) in [6.07, 6.45) is 0. The number of nitrogens with one attached hydrogen (secondary N) is 1. The van der Waals surface area contributed by atoms with E-state index < -0.39 is 11.9 Å². The van der Waals surface area contributed by atoms with Gasteiger partial charge in [-0.25, -0.2) is 4.79 Å². The molecule has 0 aliphatic carbocycles. The van der Waals surface area contributed by atoms with Crippen molar-refractivity contribution in [1.82, 2.24) is 15.1 Å². The highest BCUT2D eigenvalue weighted by Gasteiger charge is 2.22. The van der Waals surface area contributed by atoms with Crippen LogP contribution in [0.25, 0.3) is 0 Å². The summed E-state index contributed by atoms with van der Waals surface area (Å²) in [5.41, 5.74) is 0. The fourth-order valence-electron chi connectivity index (χ4n) is 1.66. The van der Waals surface area contributed by atoms with E-state index >= 15 is 0 Å². The van der Waals surface area contributed by atoms with Crippen LogP contribution in [0.4, 0.5) is 4.79 Å². The smallest absolute Gasteiger partial charge is 0.320 e. The van der Waals surface area contributed by atoms with Crippen molar-refractivity contribution in [3.8, 4) is 0 Å². The molecule has 0 radical (unpaired) electrons. The van der Waals surface area contributed by atoms with Crippen molar-refractivity contribution in [3.63, 3.8) is 0 Å². The van der Waals surface area contributed by atoms with E-state index in [1.807, 2.05) is 13.8 Å².